The molecule has 0 spiro atoms. The third-order valence-electron chi connectivity index (χ3n) is 4.78. The minimum atomic E-state index is -0.883. The van der Waals surface area contributed by atoms with Gasteiger partial charge in [-0.15, -0.1) is 0 Å². The fourth-order valence-corrected chi connectivity index (χ4v) is 3.21. The number of carbonyl (C=O) groups is 1. The number of methoxy groups -OCH3 is 1. The van der Waals surface area contributed by atoms with Gasteiger partial charge < -0.3 is 14.4 Å². The number of aryl methyl sites for hydroxylation is 1. The van der Waals surface area contributed by atoms with Gasteiger partial charge in [0.25, 0.3) is 5.91 Å². The summed E-state index contributed by atoms with van der Waals surface area (Å²) < 4.78 is 11.3. The Labute approximate surface area is 175 Å². The van der Waals surface area contributed by atoms with Crippen molar-refractivity contribution in [3.05, 3.63) is 48.3 Å². The molecule has 30 heavy (non-hydrogen) atoms. The van der Waals surface area contributed by atoms with Gasteiger partial charge in [-0.1, -0.05) is 26.0 Å². The second-order valence-electron chi connectivity index (χ2n) is 7.26. The number of nitrogens with one attached hydrogen (secondary N) is 1. The molecule has 2 N–H and O–H groups in total. The molecule has 0 fully saturated rings. The number of anilines is 2. The van der Waals surface area contributed by atoms with Gasteiger partial charge in [0.05, 0.1) is 12.6 Å². The number of carbonyl (C=O) groups excluding carboxylic acids is 1. The number of ether oxygens (including phenoxy) is 2. The molecule has 3 aromatic rings. The molecule has 8 nitrogen and oxygen atoms in total. The third kappa shape index (κ3) is 4.28. The maximum Gasteiger partial charge on any atom is 0.284 e. The number of nitrogens with zero attached hydrogens (tertiary/aromatic N) is 3. The number of hydrogen-bond acceptors (Lipinski definition) is 7. The van der Waals surface area contributed by atoms with E-state index >= 15 is 0 Å². The molecule has 0 radical (unpaired) electrons. The molecule has 1 heterocycles. The highest BCUT2D eigenvalue weighted by molar-refractivity contribution is 5.91. The summed E-state index contributed by atoms with van der Waals surface area (Å²) in [6, 6.07) is 13.2. The molecule has 1 unspecified atom stereocenters. The van der Waals surface area contributed by atoms with Crippen LogP contribution in [0.2, 0.25) is 0 Å². The van der Waals surface area contributed by atoms with Crippen molar-refractivity contribution < 1.29 is 19.5 Å². The summed E-state index contributed by atoms with van der Waals surface area (Å²) in [7, 11) is 3.43. The quantitative estimate of drug-likeness (QED) is 0.453. The van der Waals surface area contributed by atoms with Crippen LogP contribution in [0.5, 0.6) is 11.5 Å². The summed E-state index contributed by atoms with van der Waals surface area (Å²) >= 11 is 0. The number of hydroxylamine groups is 1. The van der Waals surface area contributed by atoms with Gasteiger partial charge in [-0.3, -0.25) is 10.0 Å². The van der Waals surface area contributed by atoms with Gasteiger partial charge in [-0.25, -0.2) is 15.4 Å². The van der Waals surface area contributed by atoms with Gasteiger partial charge >= 0.3 is 0 Å². The minimum Gasteiger partial charge on any atom is -0.493 e. The lowest BCUT2D eigenvalue weighted by Gasteiger charge is -2.24. The first-order valence-electron chi connectivity index (χ1n) is 9.61. The van der Waals surface area contributed by atoms with Crippen LogP contribution in [-0.2, 0) is 4.79 Å². The molecule has 0 aliphatic carbocycles. The number of hydrogen-bond donors (Lipinski definition) is 2. The number of rotatable bonds is 7. The third-order valence-corrected chi connectivity index (χ3v) is 4.78. The summed E-state index contributed by atoms with van der Waals surface area (Å²) in [5.41, 5.74) is 3.31. The first kappa shape index (κ1) is 21.3. The van der Waals surface area contributed by atoms with Crippen LogP contribution in [0.4, 0.5) is 11.5 Å². The van der Waals surface area contributed by atoms with Gasteiger partial charge in [-0.05, 0) is 37.1 Å². The highest BCUT2D eigenvalue weighted by atomic mass is 16.5. The molecule has 0 saturated heterocycles. The van der Waals surface area contributed by atoms with Crippen LogP contribution in [-0.4, -0.2) is 41.3 Å². The molecule has 0 bridgehead atoms. The smallest absolute Gasteiger partial charge is 0.284 e. The molecule has 1 atom stereocenters. The van der Waals surface area contributed by atoms with Crippen LogP contribution in [0.15, 0.2) is 42.5 Å². The molecular weight excluding hydrogens is 384 g/mol. The largest absolute Gasteiger partial charge is 0.493 e. The summed E-state index contributed by atoms with van der Waals surface area (Å²) in [5, 5.41) is 9.96. The van der Waals surface area contributed by atoms with Gasteiger partial charge in [-0.2, -0.15) is 0 Å². The number of fused-ring (bicyclic) bond motifs is 1. The normalized spacial score (nSPS) is 12.0. The van der Waals surface area contributed by atoms with E-state index in [4.69, 9.17) is 14.7 Å². The van der Waals surface area contributed by atoms with Crippen molar-refractivity contribution in [2.45, 2.75) is 26.9 Å². The van der Waals surface area contributed by atoms with E-state index in [1.54, 1.807) is 17.6 Å². The Morgan fingerprint density at radius 2 is 1.87 bits per heavy atom. The highest BCUT2D eigenvalue weighted by Gasteiger charge is 2.26. The number of para-hydroxylation sites is 1. The second-order valence-corrected chi connectivity index (χ2v) is 7.26. The Morgan fingerprint density at radius 1 is 1.13 bits per heavy atom. The average Bonchev–Trinajstić information content (AvgIpc) is 2.75. The lowest BCUT2D eigenvalue weighted by atomic mass is 10.1. The summed E-state index contributed by atoms with van der Waals surface area (Å²) in [5.74, 6) is 1.49. The van der Waals surface area contributed by atoms with E-state index in [2.05, 4.69) is 9.97 Å². The standard InChI is InChI=1S/C22H26N4O4/c1-13(2)20(22(27)25-28)30-19-12-15(10-11-18(19)29-5)26(4)21-16-8-6-7-9-17(16)23-14(3)24-21/h6-13,20,28H,1-5H3,(H,25,27). The van der Waals surface area contributed by atoms with Crippen molar-refractivity contribution in [1.82, 2.24) is 15.4 Å². The fourth-order valence-electron chi connectivity index (χ4n) is 3.21. The molecule has 1 aromatic heterocycles. The fraction of sp³-hybridized carbons (Fsp3) is 0.318. The number of benzene rings is 2. The van der Waals surface area contributed by atoms with E-state index in [0.29, 0.717) is 17.3 Å². The van der Waals surface area contributed by atoms with Crippen LogP contribution >= 0.6 is 0 Å². The Hall–Kier alpha value is -3.39. The number of amides is 1. The molecule has 0 aliphatic heterocycles. The molecule has 3 rings (SSSR count). The van der Waals surface area contributed by atoms with Crippen LogP contribution < -0.4 is 19.9 Å². The highest BCUT2D eigenvalue weighted by Crippen LogP contribution is 2.36. The zero-order valence-corrected chi connectivity index (χ0v) is 17.7. The predicted molar refractivity (Wildman–Crippen MR) is 115 cm³/mol. The van der Waals surface area contributed by atoms with Crippen molar-refractivity contribution in [3.63, 3.8) is 0 Å². The van der Waals surface area contributed by atoms with Crippen molar-refractivity contribution in [3.8, 4) is 11.5 Å². The van der Waals surface area contributed by atoms with Gasteiger partial charge in [0.1, 0.15) is 11.6 Å². The van der Waals surface area contributed by atoms with Crippen LogP contribution in [0.3, 0.4) is 0 Å². The van der Waals surface area contributed by atoms with Crippen molar-refractivity contribution in [1.29, 1.82) is 0 Å². The zero-order valence-electron chi connectivity index (χ0n) is 17.7. The van der Waals surface area contributed by atoms with E-state index in [0.717, 1.165) is 22.4 Å². The molecule has 8 heteroatoms. The van der Waals surface area contributed by atoms with Crippen LogP contribution in [0.25, 0.3) is 10.9 Å². The zero-order chi connectivity index (χ0) is 21.8. The van der Waals surface area contributed by atoms with Gasteiger partial charge in [0, 0.05) is 24.2 Å². The van der Waals surface area contributed by atoms with Crippen molar-refractivity contribution in [2.24, 2.45) is 5.92 Å². The average molecular weight is 410 g/mol. The Balaban J connectivity index is 2.04. The van der Waals surface area contributed by atoms with Crippen LogP contribution in [0.1, 0.15) is 19.7 Å². The van der Waals surface area contributed by atoms with E-state index in [-0.39, 0.29) is 5.92 Å². The summed E-state index contributed by atoms with van der Waals surface area (Å²) in [6.45, 7) is 5.52. The molecule has 0 saturated carbocycles. The summed E-state index contributed by atoms with van der Waals surface area (Å²) in [6.07, 6.45) is -0.883. The lowest BCUT2D eigenvalue weighted by molar-refractivity contribution is -0.138. The summed E-state index contributed by atoms with van der Waals surface area (Å²) in [4.78, 5) is 23.1. The maximum atomic E-state index is 12.0. The molecular formula is C22H26N4O4. The van der Waals surface area contributed by atoms with E-state index in [9.17, 15) is 4.79 Å². The second kappa shape index (κ2) is 8.96. The molecule has 0 aliphatic rings. The van der Waals surface area contributed by atoms with Gasteiger partial charge in [0.15, 0.2) is 17.6 Å². The Kier molecular flexibility index (Phi) is 6.37. The maximum absolute atomic E-state index is 12.0. The monoisotopic (exact) mass is 410 g/mol. The molecule has 1 amide bonds. The van der Waals surface area contributed by atoms with Gasteiger partial charge in [0.2, 0.25) is 0 Å². The first-order chi connectivity index (χ1) is 14.3. The van der Waals surface area contributed by atoms with E-state index in [1.165, 1.54) is 7.11 Å². The van der Waals surface area contributed by atoms with Crippen molar-refractivity contribution in [2.75, 3.05) is 19.1 Å². The topological polar surface area (TPSA) is 96.8 Å². The van der Waals surface area contributed by atoms with E-state index < -0.39 is 12.0 Å². The first-order valence-corrected chi connectivity index (χ1v) is 9.61. The van der Waals surface area contributed by atoms with Crippen molar-refractivity contribution >= 4 is 28.3 Å². The molecule has 158 valence electrons. The Morgan fingerprint density at radius 3 is 2.53 bits per heavy atom. The Bertz CT molecular complexity index is 1050. The lowest BCUT2D eigenvalue weighted by Crippen LogP contribution is -2.40. The minimum absolute atomic E-state index is 0.170. The predicted octanol–water partition coefficient (Wildman–Crippen LogP) is 3.62. The molecule has 2 aromatic carbocycles. The number of aromatic nitrogens is 2. The van der Waals surface area contributed by atoms with Crippen LogP contribution in [0, 0.1) is 12.8 Å². The SMILES string of the molecule is COc1ccc(N(C)c2nc(C)nc3ccccc23)cc1OC(C(=O)NO)C(C)C. The van der Waals surface area contributed by atoms with E-state index in [1.807, 2.05) is 63.1 Å².